The van der Waals surface area contributed by atoms with Crippen molar-refractivity contribution in [1.82, 2.24) is 0 Å². The maximum absolute atomic E-state index is 13.6. The van der Waals surface area contributed by atoms with Gasteiger partial charge in [0.2, 0.25) is 0 Å². The van der Waals surface area contributed by atoms with E-state index in [9.17, 15) is 9.59 Å². The molecular formula is C38H38O4. The maximum atomic E-state index is 13.6. The van der Waals surface area contributed by atoms with Crippen LogP contribution in [0.25, 0.3) is 0 Å². The number of esters is 2. The summed E-state index contributed by atoms with van der Waals surface area (Å²) < 4.78 is 12.7. The Hall–Kier alpha value is -4.18. The van der Waals surface area contributed by atoms with E-state index in [4.69, 9.17) is 9.47 Å². The van der Waals surface area contributed by atoms with E-state index in [1.54, 1.807) is 24.3 Å². The van der Waals surface area contributed by atoms with Gasteiger partial charge in [-0.3, -0.25) is 0 Å². The van der Waals surface area contributed by atoms with Crippen molar-refractivity contribution in [3.8, 4) is 0 Å². The lowest BCUT2D eigenvalue weighted by atomic mass is 9.60. The fraction of sp³-hybridized carbons (Fsp3) is 0.316. The molecule has 2 atom stereocenters. The van der Waals surface area contributed by atoms with Crippen molar-refractivity contribution in [2.24, 2.45) is 0 Å². The lowest BCUT2D eigenvalue weighted by Crippen LogP contribution is -2.51. The highest BCUT2D eigenvalue weighted by molar-refractivity contribution is 5.90. The van der Waals surface area contributed by atoms with Crippen LogP contribution in [0, 0.1) is 0 Å². The van der Waals surface area contributed by atoms with Crippen LogP contribution in [0.15, 0.2) is 97.1 Å². The number of hydrogen-bond donors (Lipinski definition) is 0. The molecule has 0 spiro atoms. The van der Waals surface area contributed by atoms with Gasteiger partial charge in [-0.2, -0.15) is 0 Å². The van der Waals surface area contributed by atoms with Crippen LogP contribution in [0.4, 0.5) is 0 Å². The molecule has 4 aromatic carbocycles. The summed E-state index contributed by atoms with van der Waals surface area (Å²) in [6.07, 6.45) is 5.19. The first-order valence-corrected chi connectivity index (χ1v) is 15.4. The summed E-state index contributed by atoms with van der Waals surface area (Å²) in [6, 6.07) is 31.6. The molecule has 214 valence electrons. The van der Waals surface area contributed by atoms with E-state index in [1.165, 1.54) is 22.3 Å². The number of hydrogen-bond acceptors (Lipinski definition) is 4. The number of rotatable bonds is 10. The second-order valence-corrected chi connectivity index (χ2v) is 11.6. The highest BCUT2D eigenvalue weighted by Crippen LogP contribution is 2.55. The average molecular weight is 559 g/mol. The largest absolute Gasteiger partial charge is 0.454 e. The van der Waals surface area contributed by atoms with Crippen LogP contribution >= 0.6 is 0 Å². The smallest absolute Gasteiger partial charge is 0.338 e. The van der Waals surface area contributed by atoms with E-state index < -0.39 is 24.1 Å². The van der Waals surface area contributed by atoms with Crippen molar-refractivity contribution in [1.29, 1.82) is 0 Å². The first kappa shape index (κ1) is 28.0. The Morgan fingerprint density at radius 3 is 1.36 bits per heavy atom. The Labute approximate surface area is 248 Å². The predicted molar refractivity (Wildman–Crippen MR) is 165 cm³/mol. The number of carbonyl (C=O) groups excluding carboxylic acids is 2. The van der Waals surface area contributed by atoms with Gasteiger partial charge in [-0.15, -0.1) is 0 Å². The minimum atomic E-state index is -0.654. The highest BCUT2D eigenvalue weighted by atomic mass is 16.6. The third kappa shape index (κ3) is 5.38. The first-order valence-electron chi connectivity index (χ1n) is 15.4. The van der Waals surface area contributed by atoms with E-state index in [2.05, 4.69) is 50.2 Å². The van der Waals surface area contributed by atoms with Gasteiger partial charge in [0.05, 0.1) is 23.0 Å². The van der Waals surface area contributed by atoms with Gasteiger partial charge >= 0.3 is 11.9 Å². The van der Waals surface area contributed by atoms with Gasteiger partial charge in [-0.25, -0.2) is 9.59 Å². The molecule has 42 heavy (non-hydrogen) atoms. The third-order valence-corrected chi connectivity index (χ3v) is 8.77. The van der Waals surface area contributed by atoms with Crippen LogP contribution in [0.3, 0.4) is 0 Å². The Morgan fingerprint density at radius 2 is 0.952 bits per heavy atom. The van der Waals surface area contributed by atoms with Gasteiger partial charge in [0.25, 0.3) is 0 Å². The van der Waals surface area contributed by atoms with Crippen molar-refractivity contribution < 1.29 is 19.1 Å². The van der Waals surface area contributed by atoms with Crippen LogP contribution in [0.2, 0.25) is 0 Å². The van der Waals surface area contributed by atoms with Crippen LogP contribution in [0.1, 0.15) is 105 Å². The Kier molecular flexibility index (Phi) is 8.23. The van der Waals surface area contributed by atoms with Crippen LogP contribution in [-0.4, -0.2) is 24.1 Å². The minimum Gasteiger partial charge on any atom is -0.454 e. The number of benzene rings is 4. The number of unbranched alkanes of at least 4 members (excludes halogenated alkanes) is 2. The molecule has 7 rings (SSSR count). The molecule has 0 N–H and O–H groups in total. The molecule has 0 radical (unpaired) electrons. The molecule has 2 bridgehead atoms. The molecule has 0 fully saturated rings. The molecule has 0 saturated heterocycles. The molecule has 4 aromatic rings. The quantitative estimate of drug-likeness (QED) is 0.183. The van der Waals surface area contributed by atoms with Gasteiger partial charge in [-0.05, 0) is 83.3 Å². The van der Waals surface area contributed by atoms with Gasteiger partial charge < -0.3 is 9.47 Å². The topological polar surface area (TPSA) is 52.6 Å². The standard InChI is InChI=1S/C38H38O4/c1-3-5-13-25-19-21-29-31(23-25)34-32-24-26(14-6-4-2)20-22-30(32)33(29)35(41-37(39)27-15-9-7-10-16-27)36(34)42-38(40)28-17-11-8-12-18-28/h7-12,15-24,33-36H,3-6,13-14H2,1-2H3/t33-,34-,35?,36?. The molecule has 4 heteroatoms. The monoisotopic (exact) mass is 558 g/mol. The summed E-state index contributed by atoms with van der Waals surface area (Å²) in [4.78, 5) is 27.1. The van der Waals surface area contributed by atoms with Crippen molar-refractivity contribution in [2.75, 3.05) is 0 Å². The van der Waals surface area contributed by atoms with E-state index >= 15 is 0 Å². The highest BCUT2D eigenvalue weighted by Gasteiger charge is 2.54. The molecular weight excluding hydrogens is 520 g/mol. The molecule has 3 aliphatic carbocycles. The van der Waals surface area contributed by atoms with Gasteiger partial charge in [0.15, 0.2) is 12.2 Å². The Balaban J connectivity index is 1.48. The van der Waals surface area contributed by atoms with Crippen molar-refractivity contribution in [2.45, 2.75) is 76.4 Å². The second kappa shape index (κ2) is 12.4. The maximum Gasteiger partial charge on any atom is 0.338 e. The lowest BCUT2D eigenvalue weighted by Gasteiger charge is -2.49. The third-order valence-electron chi connectivity index (χ3n) is 8.77. The number of carbonyl (C=O) groups is 2. The van der Waals surface area contributed by atoms with Crippen LogP contribution in [0.5, 0.6) is 0 Å². The van der Waals surface area contributed by atoms with Crippen molar-refractivity contribution >= 4 is 11.9 Å². The predicted octanol–water partition coefficient (Wildman–Crippen LogP) is 8.41. The Morgan fingerprint density at radius 1 is 0.548 bits per heavy atom. The van der Waals surface area contributed by atoms with E-state index in [-0.39, 0.29) is 11.8 Å². The van der Waals surface area contributed by atoms with E-state index in [0.717, 1.165) is 49.7 Å². The molecule has 0 aliphatic heterocycles. The molecule has 4 nitrogen and oxygen atoms in total. The fourth-order valence-electron chi connectivity index (χ4n) is 6.65. The first-order chi connectivity index (χ1) is 20.6. The van der Waals surface area contributed by atoms with Gasteiger partial charge in [0, 0.05) is 0 Å². The van der Waals surface area contributed by atoms with Crippen LogP contribution in [-0.2, 0) is 22.3 Å². The minimum absolute atomic E-state index is 0.232. The van der Waals surface area contributed by atoms with Crippen LogP contribution < -0.4 is 0 Å². The van der Waals surface area contributed by atoms with Gasteiger partial charge in [-0.1, -0.05) is 99.5 Å². The Bertz CT molecular complexity index is 1500. The molecule has 3 aliphatic rings. The zero-order chi connectivity index (χ0) is 29.1. The van der Waals surface area contributed by atoms with E-state index in [1.807, 2.05) is 36.4 Å². The molecule has 0 aromatic heterocycles. The molecule has 0 amide bonds. The average Bonchev–Trinajstić information content (AvgIpc) is 3.04. The lowest BCUT2D eigenvalue weighted by molar-refractivity contribution is -0.0557. The summed E-state index contributed by atoms with van der Waals surface area (Å²) in [5.74, 6) is -1.27. The number of fused-ring (bicyclic) bond motifs is 1. The second-order valence-electron chi connectivity index (χ2n) is 11.6. The molecule has 2 unspecified atom stereocenters. The zero-order valence-electron chi connectivity index (χ0n) is 24.4. The van der Waals surface area contributed by atoms with Crippen molar-refractivity contribution in [3.63, 3.8) is 0 Å². The van der Waals surface area contributed by atoms with E-state index in [0.29, 0.717) is 11.1 Å². The zero-order valence-corrected chi connectivity index (χ0v) is 24.4. The fourth-order valence-corrected chi connectivity index (χ4v) is 6.65. The number of aryl methyl sites for hydroxylation is 2. The summed E-state index contributed by atoms with van der Waals surface area (Å²) in [6.45, 7) is 4.42. The summed E-state index contributed by atoms with van der Waals surface area (Å²) in [5.41, 5.74) is 8.24. The SMILES string of the molecule is CCCCc1ccc2c(c1)[C@H]1c3cc(CCCC)ccc3[C@H]2C(OC(=O)c2ccccc2)C1OC(=O)c1ccccc1. The summed E-state index contributed by atoms with van der Waals surface area (Å²) >= 11 is 0. The summed E-state index contributed by atoms with van der Waals surface area (Å²) in [7, 11) is 0. The summed E-state index contributed by atoms with van der Waals surface area (Å²) in [5, 5.41) is 0. The normalized spacial score (nSPS) is 20.0. The number of ether oxygens (including phenoxy) is 2. The molecule has 0 heterocycles. The van der Waals surface area contributed by atoms with Crippen molar-refractivity contribution in [3.05, 3.63) is 142 Å². The molecule has 0 saturated carbocycles. The van der Waals surface area contributed by atoms with Gasteiger partial charge in [0.1, 0.15) is 0 Å².